The zero-order valence-electron chi connectivity index (χ0n) is 12.0. The van der Waals surface area contributed by atoms with E-state index in [2.05, 4.69) is 5.10 Å². The highest BCUT2D eigenvalue weighted by Crippen LogP contribution is 2.23. The third-order valence-electron chi connectivity index (χ3n) is 3.66. The van der Waals surface area contributed by atoms with Gasteiger partial charge in [0.25, 0.3) is 0 Å². The van der Waals surface area contributed by atoms with Gasteiger partial charge in [-0.3, -0.25) is 14.3 Å². The van der Waals surface area contributed by atoms with E-state index in [1.165, 1.54) is 6.08 Å². The van der Waals surface area contributed by atoms with E-state index in [9.17, 15) is 9.59 Å². The molecule has 21 heavy (non-hydrogen) atoms. The van der Waals surface area contributed by atoms with Gasteiger partial charge in [0.1, 0.15) is 5.15 Å². The number of nitrogens with zero attached hydrogens (tertiary/aromatic N) is 3. The number of carboxylic acids is 1. The molecule has 1 amide bonds. The van der Waals surface area contributed by atoms with Gasteiger partial charge in [0.15, 0.2) is 0 Å². The Bertz CT molecular complexity index is 595. The second-order valence-corrected chi connectivity index (χ2v) is 5.53. The SMILES string of the molecule is Cc1nn(C)c(Cl)c1/C=C/C(=O)N1CCCC1CC(=O)O. The topological polar surface area (TPSA) is 75.4 Å². The van der Waals surface area contributed by atoms with E-state index in [0.29, 0.717) is 17.3 Å². The molecule has 1 atom stereocenters. The molecule has 0 saturated carbocycles. The van der Waals surface area contributed by atoms with Gasteiger partial charge in [-0.15, -0.1) is 0 Å². The summed E-state index contributed by atoms with van der Waals surface area (Å²) in [4.78, 5) is 24.6. The molecular weight excluding hydrogens is 294 g/mol. The number of carbonyl (C=O) groups is 2. The molecule has 1 saturated heterocycles. The summed E-state index contributed by atoms with van der Waals surface area (Å²) >= 11 is 6.10. The van der Waals surface area contributed by atoms with Crippen LogP contribution in [0.1, 0.15) is 30.5 Å². The number of rotatable bonds is 4. The standard InChI is InChI=1S/C14H18ClN3O3/c1-9-11(14(15)17(2)16-9)5-6-12(19)18-7-3-4-10(18)8-13(20)21/h5-6,10H,3-4,7-8H2,1-2H3,(H,20,21)/b6-5+. The van der Waals surface area contributed by atoms with Gasteiger partial charge in [0.05, 0.1) is 12.1 Å². The summed E-state index contributed by atoms with van der Waals surface area (Å²) in [5.74, 6) is -1.06. The number of hydrogen-bond acceptors (Lipinski definition) is 3. The molecule has 114 valence electrons. The summed E-state index contributed by atoms with van der Waals surface area (Å²) in [6.45, 7) is 2.42. The van der Waals surface area contributed by atoms with E-state index in [4.69, 9.17) is 16.7 Å². The minimum absolute atomic E-state index is 0.00768. The average Bonchev–Trinajstić information content (AvgIpc) is 2.93. The summed E-state index contributed by atoms with van der Waals surface area (Å²) in [6, 6.07) is -0.217. The van der Waals surface area contributed by atoms with E-state index in [1.807, 2.05) is 6.92 Å². The second-order valence-electron chi connectivity index (χ2n) is 5.17. The Labute approximate surface area is 128 Å². The first-order valence-corrected chi connectivity index (χ1v) is 7.17. The van der Waals surface area contributed by atoms with Gasteiger partial charge in [-0.25, -0.2) is 0 Å². The zero-order chi connectivity index (χ0) is 15.6. The predicted molar refractivity (Wildman–Crippen MR) is 79.0 cm³/mol. The lowest BCUT2D eigenvalue weighted by atomic mass is 10.1. The van der Waals surface area contributed by atoms with Crippen molar-refractivity contribution in [3.8, 4) is 0 Å². The zero-order valence-corrected chi connectivity index (χ0v) is 12.8. The maximum atomic E-state index is 12.2. The highest BCUT2D eigenvalue weighted by Gasteiger charge is 2.29. The molecule has 2 heterocycles. The van der Waals surface area contributed by atoms with Gasteiger partial charge >= 0.3 is 5.97 Å². The minimum Gasteiger partial charge on any atom is -0.481 e. The largest absolute Gasteiger partial charge is 0.481 e. The molecule has 0 bridgehead atoms. The third-order valence-corrected chi connectivity index (χ3v) is 4.11. The van der Waals surface area contributed by atoms with Crippen LogP contribution in [0.5, 0.6) is 0 Å². The molecular formula is C14H18ClN3O3. The van der Waals surface area contributed by atoms with Gasteiger partial charge in [-0.05, 0) is 25.8 Å². The highest BCUT2D eigenvalue weighted by atomic mass is 35.5. The third kappa shape index (κ3) is 3.44. The first-order chi connectivity index (χ1) is 9.90. The van der Waals surface area contributed by atoms with Crippen molar-refractivity contribution in [2.24, 2.45) is 7.05 Å². The molecule has 2 rings (SSSR count). The molecule has 1 aromatic rings. The molecule has 1 unspecified atom stereocenters. The van der Waals surface area contributed by atoms with E-state index in [1.54, 1.807) is 22.7 Å². The molecule has 7 heteroatoms. The van der Waals surface area contributed by atoms with Gasteiger partial charge in [0.2, 0.25) is 5.91 Å². The maximum absolute atomic E-state index is 12.2. The lowest BCUT2D eigenvalue weighted by molar-refractivity contribution is -0.139. The number of carboxylic acid groups (broad SMARTS) is 1. The van der Waals surface area contributed by atoms with Crippen LogP contribution in [0.15, 0.2) is 6.08 Å². The molecule has 1 aromatic heterocycles. The number of hydrogen-bond donors (Lipinski definition) is 1. The molecule has 0 radical (unpaired) electrons. The number of likely N-dealkylation sites (tertiary alicyclic amines) is 1. The Morgan fingerprint density at radius 1 is 1.52 bits per heavy atom. The fourth-order valence-corrected chi connectivity index (χ4v) is 2.86. The van der Waals surface area contributed by atoms with Gasteiger partial charge < -0.3 is 10.0 Å². The lowest BCUT2D eigenvalue weighted by Crippen LogP contribution is -2.35. The van der Waals surface area contributed by atoms with E-state index in [-0.39, 0.29) is 18.4 Å². The predicted octanol–water partition coefficient (Wildman–Crippen LogP) is 1.86. The number of halogens is 1. The summed E-state index contributed by atoms with van der Waals surface area (Å²) < 4.78 is 1.55. The van der Waals surface area contributed by atoms with Crippen LogP contribution in [-0.2, 0) is 16.6 Å². The van der Waals surface area contributed by atoms with Crippen LogP contribution in [0.2, 0.25) is 5.15 Å². The summed E-state index contributed by atoms with van der Waals surface area (Å²) in [5.41, 5.74) is 1.46. The maximum Gasteiger partial charge on any atom is 0.305 e. The van der Waals surface area contributed by atoms with Crippen LogP contribution in [0.4, 0.5) is 0 Å². The molecule has 0 aliphatic carbocycles. The van der Waals surface area contributed by atoms with Gasteiger partial charge in [-0.1, -0.05) is 11.6 Å². The molecule has 0 spiro atoms. The molecule has 1 fully saturated rings. The van der Waals surface area contributed by atoms with E-state index < -0.39 is 5.97 Å². The van der Waals surface area contributed by atoms with E-state index >= 15 is 0 Å². The first kappa shape index (κ1) is 15.6. The number of aliphatic carboxylic acids is 1. The number of amides is 1. The average molecular weight is 312 g/mol. The molecule has 6 nitrogen and oxygen atoms in total. The fraction of sp³-hybridized carbons (Fsp3) is 0.500. The van der Waals surface area contributed by atoms with Crippen LogP contribution in [-0.4, -0.2) is 44.3 Å². The summed E-state index contributed by atoms with van der Waals surface area (Å²) in [6.07, 6.45) is 4.65. The Balaban J connectivity index is 2.10. The number of aryl methyl sites for hydroxylation is 2. The summed E-state index contributed by atoms with van der Waals surface area (Å²) in [7, 11) is 1.73. The molecule has 1 aliphatic rings. The Morgan fingerprint density at radius 3 is 2.81 bits per heavy atom. The lowest BCUT2D eigenvalue weighted by Gasteiger charge is -2.21. The Morgan fingerprint density at radius 2 is 2.24 bits per heavy atom. The van der Waals surface area contributed by atoms with Crippen LogP contribution >= 0.6 is 11.6 Å². The smallest absolute Gasteiger partial charge is 0.305 e. The molecule has 0 aromatic carbocycles. The minimum atomic E-state index is -0.880. The monoisotopic (exact) mass is 311 g/mol. The van der Waals surface area contributed by atoms with Crippen molar-refractivity contribution in [3.05, 3.63) is 22.5 Å². The van der Waals surface area contributed by atoms with Crippen molar-refractivity contribution in [1.29, 1.82) is 0 Å². The quantitative estimate of drug-likeness (QED) is 0.861. The fourth-order valence-electron chi connectivity index (χ4n) is 2.63. The van der Waals surface area contributed by atoms with Crippen LogP contribution in [0.25, 0.3) is 6.08 Å². The van der Waals surface area contributed by atoms with Crippen molar-refractivity contribution in [3.63, 3.8) is 0 Å². The molecule has 1 N–H and O–H groups in total. The number of carbonyl (C=O) groups excluding carboxylic acids is 1. The first-order valence-electron chi connectivity index (χ1n) is 6.79. The second kappa shape index (κ2) is 6.30. The highest BCUT2D eigenvalue weighted by molar-refractivity contribution is 6.31. The van der Waals surface area contributed by atoms with Crippen LogP contribution in [0, 0.1) is 6.92 Å². The molecule has 1 aliphatic heterocycles. The van der Waals surface area contributed by atoms with E-state index in [0.717, 1.165) is 18.5 Å². The Hall–Kier alpha value is -1.82. The van der Waals surface area contributed by atoms with Gasteiger partial charge in [0, 0.05) is 31.3 Å². The van der Waals surface area contributed by atoms with Crippen molar-refractivity contribution >= 4 is 29.6 Å². The van der Waals surface area contributed by atoms with Crippen LogP contribution in [0.3, 0.4) is 0 Å². The van der Waals surface area contributed by atoms with Crippen molar-refractivity contribution < 1.29 is 14.7 Å². The normalized spacial score (nSPS) is 18.6. The van der Waals surface area contributed by atoms with Crippen molar-refractivity contribution in [1.82, 2.24) is 14.7 Å². The number of aromatic nitrogens is 2. The van der Waals surface area contributed by atoms with Crippen molar-refractivity contribution in [2.75, 3.05) is 6.54 Å². The van der Waals surface area contributed by atoms with Crippen LogP contribution < -0.4 is 0 Å². The Kier molecular flexibility index (Phi) is 4.67. The van der Waals surface area contributed by atoms with Gasteiger partial charge in [-0.2, -0.15) is 5.10 Å². The van der Waals surface area contributed by atoms with Crippen molar-refractivity contribution in [2.45, 2.75) is 32.2 Å². The summed E-state index contributed by atoms with van der Waals surface area (Å²) in [5, 5.41) is 13.5.